The van der Waals surface area contributed by atoms with Crippen LogP contribution in [-0.2, 0) is 8.85 Å². The van der Waals surface area contributed by atoms with E-state index >= 15 is 0 Å². The highest BCUT2D eigenvalue weighted by Gasteiger charge is 2.32. The van der Waals surface area contributed by atoms with Crippen molar-refractivity contribution in [2.45, 2.75) is 79.9 Å². The van der Waals surface area contributed by atoms with Crippen molar-refractivity contribution < 1.29 is 13.6 Å². The van der Waals surface area contributed by atoms with Gasteiger partial charge >= 0.3 is 0 Å². The summed E-state index contributed by atoms with van der Waals surface area (Å²) in [5.41, 5.74) is 1.90. The minimum atomic E-state index is -1.18. The van der Waals surface area contributed by atoms with E-state index in [4.69, 9.17) is 8.85 Å². The Kier molecular flexibility index (Phi) is 9.79. The zero-order valence-corrected chi connectivity index (χ0v) is 22.6. The lowest BCUT2D eigenvalue weighted by Crippen LogP contribution is -2.49. The Morgan fingerprint density at radius 3 is 1.48 bits per heavy atom. The first-order chi connectivity index (χ1) is 13.2. The second-order valence-electron chi connectivity index (χ2n) is 10.7. The van der Waals surface area contributed by atoms with E-state index in [-0.39, 0.29) is 23.0 Å². The molecule has 0 amide bonds. The summed E-state index contributed by atoms with van der Waals surface area (Å²) in [4.78, 5) is 13.5. The zero-order chi connectivity index (χ0) is 22.4. The number of anilines is 1. The molecule has 1 aromatic carbocycles. The van der Waals surface area contributed by atoms with Crippen molar-refractivity contribution in [2.75, 3.05) is 18.0 Å². The highest BCUT2D eigenvalue weighted by molar-refractivity contribution is 6.48. The van der Waals surface area contributed by atoms with Crippen molar-refractivity contribution in [1.29, 1.82) is 0 Å². The molecule has 2 atom stereocenters. The predicted octanol–water partition coefficient (Wildman–Crippen LogP) is 5.13. The van der Waals surface area contributed by atoms with Gasteiger partial charge in [0.15, 0.2) is 18.1 Å². The van der Waals surface area contributed by atoms with Crippen molar-refractivity contribution in [1.82, 2.24) is 0 Å². The molecule has 0 aliphatic rings. The third kappa shape index (κ3) is 9.15. The van der Waals surface area contributed by atoms with Crippen molar-refractivity contribution >= 4 is 30.1 Å². The van der Waals surface area contributed by atoms with Gasteiger partial charge in [0.05, 0.1) is 12.2 Å². The Bertz CT molecular complexity index is 588. The fraction of sp³-hybridized carbons (Fsp3) is 0.696. The summed E-state index contributed by atoms with van der Waals surface area (Å²) in [6.07, 6.45) is 1.17. The fourth-order valence-electron chi connectivity index (χ4n) is 3.15. The molecular weight excluding hydrogens is 394 g/mol. The van der Waals surface area contributed by atoms with Crippen LogP contribution in [0.1, 0.15) is 51.9 Å². The molecule has 6 heteroatoms. The molecule has 29 heavy (non-hydrogen) atoms. The monoisotopic (exact) mass is 437 g/mol. The molecule has 4 nitrogen and oxygen atoms in total. The maximum Gasteiger partial charge on any atom is 0.171 e. The van der Waals surface area contributed by atoms with Crippen LogP contribution in [-0.4, -0.2) is 49.7 Å². The number of hydrogen-bond acceptors (Lipinski definition) is 4. The van der Waals surface area contributed by atoms with Gasteiger partial charge in [0.2, 0.25) is 0 Å². The lowest BCUT2D eigenvalue weighted by Gasteiger charge is -2.41. The number of hydrogen-bond donors (Lipinski definition) is 0. The van der Waals surface area contributed by atoms with Crippen LogP contribution in [0.25, 0.3) is 0 Å². The average molecular weight is 438 g/mol. The van der Waals surface area contributed by atoms with E-state index in [1.54, 1.807) is 0 Å². The molecule has 1 aromatic rings. The van der Waals surface area contributed by atoms with Crippen molar-refractivity contribution in [3.63, 3.8) is 0 Å². The van der Waals surface area contributed by atoms with Crippen LogP contribution < -0.4 is 4.90 Å². The Balaban J connectivity index is 3.26. The van der Waals surface area contributed by atoms with Gasteiger partial charge in [-0.3, -0.25) is 4.79 Å². The SMILES string of the molecule is C[SiH](C)OC(CN(CC(O[SiH](C)C)C(C)(C)C)c1ccc(C=O)cc1)C(C)(C)C. The third-order valence-electron chi connectivity index (χ3n) is 4.97. The highest BCUT2D eigenvalue weighted by atomic mass is 28.3. The highest BCUT2D eigenvalue weighted by Crippen LogP contribution is 2.29. The summed E-state index contributed by atoms with van der Waals surface area (Å²) >= 11 is 0. The molecule has 0 fully saturated rings. The molecule has 0 heterocycles. The predicted molar refractivity (Wildman–Crippen MR) is 130 cm³/mol. The second kappa shape index (κ2) is 10.9. The average Bonchev–Trinajstić information content (AvgIpc) is 2.57. The molecule has 0 aliphatic carbocycles. The molecule has 0 saturated heterocycles. The Hall–Kier alpha value is -0.956. The molecular formula is C23H43NO3Si2. The van der Waals surface area contributed by atoms with Crippen LogP contribution in [0, 0.1) is 10.8 Å². The molecule has 0 aromatic heterocycles. The van der Waals surface area contributed by atoms with Crippen molar-refractivity contribution in [2.24, 2.45) is 10.8 Å². The minimum Gasteiger partial charge on any atom is -0.415 e. The summed E-state index contributed by atoms with van der Waals surface area (Å²) in [7, 11) is -2.37. The molecule has 0 radical (unpaired) electrons. The van der Waals surface area contributed by atoms with Crippen LogP contribution in [0.3, 0.4) is 0 Å². The quantitative estimate of drug-likeness (QED) is 0.375. The molecule has 0 N–H and O–H groups in total. The molecule has 2 unspecified atom stereocenters. The third-order valence-corrected chi connectivity index (χ3v) is 6.72. The number of nitrogens with zero attached hydrogens (tertiary/aromatic N) is 1. The Morgan fingerprint density at radius 2 is 1.21 bits per heavy atom. The Morgan fingerprint density at radius 1 is 0.828 bits per heavy atom. The first-order valence-electron chi connectivity index (χ1n) is 10.8. The van der Waals surface area contributed by atoms with Crippen molar-refractivity contribution in [3.05, 3.63) is 29.8 Å². The van der Waals surface area contributed by atoms with Crippen LogP contribution in [0.15, 0.2) is 24.3 Å². The summed E-state index contributed by atoms with van der Waals surface area (Å²) in [5.74, 6) is 0. The van der Waals surface area contributed by atoms with E-state index in [2.05, 4.69) is 72.6 Å². The maximum atomic E-state index is 11.1. The van der Waals surface area contributed by atoms with Crippen LogP contribution in [0.2, 0.25) is 26.2 Å². The molecule has 166 valence electrons. The van der Waals surface area contributed by atoms with Gasteiger partial charge in [-0.1, -0.05) is 41.5 Å². The molecule has 0 bridgehead atoms. The summed E-state index contributed by atoms with van der Waals surface area (Å²) in [6.45, 7) is 24.0. The number of carbonyl (C=O) groups is 1. The van der Waals surface area contributed by atoms with Gasteiger partial charge in [0.25, 0.3) is 0 Å². The number of rotatable bonds is 10. The lowest BCUT2D eigenvalue weighted by atomic mass is 9.87. The summed E-state index contributed by atoms with van der Waals surface area (Å²) in [5, 5.41) is 0. The summed E-state index contributed by atoms with van der Waals surface area (Å²) < 4.78 is 12.9. The number of benzene rings is 1. The summed E-state index contributed by atoms with van der Waals surface area (Å²) in [6, 6.07) is 7.87. The Labute approximate surface area is 182 Å². The van der Waals surface area contributed by atoms with E-state index in [0.29, 0.717) is 5.56 Å². The van der Waals surface area contributed by atoms with Crippen LogP contribution in [0.4, 0.5) is 5.69 Å². The van der Waals surface area contributed by atoms with E-state index in [1.807, 2.05) is 24.3 Å². The van der Waals surface area contributed by atoms with E-state index in [1.165, 1.54) is 0 Å². The second-order valence-corrected chi connectivity index (χ2v) is 15.4. The van der Waals surface area contributed by atoms with Crippen molar-refractivity contribution in [3.8, 4) is 0 Å². The van der Waals surface area contributed by atoms with Crippen LogP contribution >= 0.6 is 0 Å². The standard InChI is InChI=1S/C23H43NO3Si2/c1-22(2,3)20(26-28(7)8)15-24(19-13-11-18(17-25)12-14-19)16-21(23(4,5)6)27-29(9)10/h11-14,17,20-21,28-29H,15-16H2,1-10H3. The topological polar surface area (TPSA) is 38.8 Å². The largest absolute Gasteiger partial charge is 0.415 e. The van der Waals surface area contributed by atoms with E-state index in [0.717, 1.165) is 25.1 Å². The lowest BCUT2D eigenvalue weighted by molar-refractivity contribution is 0.0735. The first-order valence-corrected chi connectivity index (χ1v) is 16.4. The number of aldehydes is 1. The van der Waals surface area contributed by atoms with Gasteiger partial charge in [0, 0.05) is 24.3 Å². The smallest absolute Gasteiger partial charge is 0.171 e. The normalized spacial score (nSPS) is 14.9. The van der Waals surface area contributed by atoms with Crippen LogP contribution in [0.5, 0.6) is 0 Å². The van der Waals surface area contributed by atoms with Gasteiger partial charge in [-0.2, -0.15) is 0 Å². The van der Waals surface area contributed by atoms with Gasteiger partial charge in [-0.25, -0.2) is 0 Å². The molecule has 0 saturated carbocycles. The minimum absolute atomic E-state index is 0.0448. The fourth-order valence-corrected chi connectivity index (χ4v) is 5.45. The zero-order valence-electron chi connectivity index (χ0n) is 20.3. The molecule has 0 spiro atoms. The van der Waals surface area contributed by atoms with Gasteiger partial charge in [-0.05, 0) is 61.3 Å². The van der Waals surface area contributed by atoms with E-state index < -0.39 is 18.1 Å². The van der Waals surface area contributed by atoms with Gasteiger partial charge in [0.1, 0.15) is 6.29 Å². The van der Waals surface area contributed by atoms with Gasteiger partial charge in [-0.15, -0.1) is 0 Å². The number of carbonyl (C=O) groups excluding carboxylic acids is 1. The van der Waals surface area contributed by atoms with E-state index in [9.17, 15) is 4.79 Å². The molecule has 1 rings (SSSR count). The molecule has 0 aliphatic heterocycles. The first kappa shape index (κ1) is 26.1. The maximum absolute atomic E-state index is 11.1. The van der Waals surface area contributed by atoms with Gasteiger partial charge < -0.3 is 13.8 Å².